The van der Waals surface area contributed by atoms with E-state index in [-0.39, 0.29) is 0 Å². The van der Waals surface area contributed by atoms with Crippen LogP contribution in [0.25, 0.3) is 0 Å². The molecule has 0 aromatic heterocycles. The Kier molecular flexibility index (Phi) is 5.96. The van der Waals surface area contributed by atoms with Gasteiger partial charge in [0.2, 0.25) is 0 Å². The van der Waals surface area contributed by atoms with Crippen molar-refractivity contribution in [3.05, 3.63) is 48.5 Å². The summed E-state index contributed by atoms with van der Waals surface area (Å²) in [5, 5.41) is 7.14. The highest BCUT2D eigenvalue weighted by atomic mass is 15.1. The van der Waals surface area contributed by atoms with Crippen molar-refractivity contribution in [2.45, 2.75) is 25.9 Å². The van der Waals surface area contributed by atoms with Crippen molar-refractivity contribution >= 4 is 22.7 Å². The predicted molar refractivity (Wildman–Crippen MR) is 108 cm³/mol. The summed E-state index contributed by atoms with van der Waals surface area (Å²) in [6, 6.07) is 17.7. The first-order valence-electron chi connectivity index (χ1n) is 8.44. The fraction of sp³-hybridized carbons (Fsp3) is 0.400. The first kappa shape index (κ1) is 18.0. The van der Waals surface area contributed by atoms with Crippen LogP contribution < -0.4 is 20.4 Å². The van der Waals surface area contributed by atoms with Crippen LogP contribution in [0.4, 0.5) is 22.7 Å². The molecule has 0 fully saturated rings. The Hall–Kier alpha value is -2.36. The second-order valence-electron chi connectivity index (χ2n) is 6.75. The molecule has 0 aliphatic rings. The molecule has 0 heterocycles. The molecule has 2 atom stereocenters. The molecule has 2 unspecified atom stereocenters. The van der Waals surface area contributed by atoms with Crippen LogP contribution in [0, 0.1) is 0 Å². The van der Waals surface area contributed by atoms with E-state index in [0.717, 1.165) is 11.4 Å². The van der Waals surface area contributed by atoms with Gasteiger partial charge >= 0.3 is 0 Å². The second-order valence-corrected chi connectivity index (χ2v) is 6.75. The summed E-state index contributed by atoms with van der Waals surface area (Å²) in [5.41, 5.74) is 4.70. The second kappa shape index (κ2) is 7.95. The van der Waals surface area contributed by atoms with Crippen LogP contribution in [0.15, 0.2) is 48.5 Å². The van der Waals surface area contributed by atoms with Crippen molar-refractivity contribution in [3.8, 4) is 0 Å². The molecule has 2 aromatic carbocycles. The highest BCUT2D eigenvalue weighted by molar-refractivity contribution is 5.56. The fourth-order valence-electron chi connectivity index (χ4n) is 2.49. The number of nitrogens with zero attached hydrogens (tertiary/aromatic N) is 2. The Morgan fingerprint density at radius 2 is 0.875 bits per heavy atom. The number of hydrogen-bond acceptors (Lipinski definition) is 4. The van der Waals surface area contributed by atoms with Crippen LogP contribution >= 0.6 is 0 Å². The summed E-state index contributed by atoms with van der Waals surface area (Å²) in [7, 11) is 8.22. The SMILES string of the molecule is CC(Nc1ccc(N(C)C)cc1)C(C)Nc1ccc(N(C)C)cc1. The fourth-order valence-corrected chi connectivity index (χ4v) is 2.49. The standard InChI is InChI=1S/C20H30N4/c1-15(21-17-7-11-19(12-8-17)23(3)4)16(2)22-18-9-13-20(14-10-18)24(5)6/h7-16,21-22H,1-6H3. The highest BCUT2D eigenvalue weighted by Gasteiger charge is 2.12. The molecule has 0 saturated carbocycles. The van der Waals surface area contributed by atoms with E-state index in [2.05, 4.69) is 111 Å². The van der Waals surface area contributed by atoms with Crippen molar-refractivity contribution in [1.29, 1.82) is 0 Å². The molecule has 0 aliphatic carbocycles. The van der Waals surface area contributed by atoms with E-state index in [1.807, 2.05) is 0 Å². The lowest BCUT2D eigenvalue weighted by Gasteiger charge is -2.25. The van der Waals surface area contributed by atoms with E-state index in [0.29, 0.717) is 12.1 Å². The van der Waals surface area contributed by atoms with Gasteiger partial charge in [0.15, 0.2) is 0 Å². The number of hydrogen-bond donors (Lipinski definition) is 2. The molecule has 130 valence electrons. The molecule has 2 N–H and O–H groups in total. The monoisotopic (exact) mass is 326 g/mol. The Morgan fingerprint density at radius 3 is 1.12 bits per heavy atom. The van der Waals surface area contributed by atoms with Gasteiger partial charge < -0.3 is 20.4 Å². The van der Waals surface area contributed by atoms with Crippen LogP contribution in [0.5, 0.6) is 0 Å². The minimum absolute atomic E-state index is 0.309. The van der Waals surface area contributed by atoms with Crippen molar-refractivity contribution in [2.24, 2.45) is 0 Å². The van der Waals surface area contributed by atoms with Gasteiger partial charge in [0.1, 0.15) is 0 Å². The summed E-state index contributed by atoms with van der Waals surface area (Å²) in [6.07, 6.45) is 0. The molecule has 0 spiro atoms. The molecule has 0 aliphatic heterocycles. The van der Waals surface area contributed by atoms with E-state index in [1.54, 1.807) is 0 Å². The number of nitrogens with one attached hydrogen (secondary N) is 2. The van der Waals surface area contributed by atoms with Gasteiger partial charge in [-0.3, -0.25) is 0 Å². The lowest BCUT2D eigenvalue weighted by atomic mass is 10.1. The highest BCUT2D eigenvalue weighted by Crippen LogP contribution is 2.19. The van der Waals surface area contributed by atoms with Crippen molar-refractivity contribution in [1.82, 2.24) is 0 Å². The van der Waals surface area contributed by atoms with E-state index in [4.69, 9.17) is 0 Å². The van der Waals surface area contributed by atoms with E-state index in [9.17, 15) is 0 Å². The molecule has 4 heteroatoms. The largest absolute Gasteiger partial charge is 0.381 e. The lowest BCUT2D eigenvalue weighted by Crippen LogP contribution is -2.34. The number of rotatable bonds is 7. The zero-order valence-electron chi connectivity index (χ0n) is 15.7. The van der Waals surface area contributed by atoms with Gasteiger partial charge in [-0.25, -0.2) is 0 Å². The van der Waals surface area contributed by atoms with Gasteiger partial charge in [-0.2, -0.15) is 0 Å². The third kappa shape index (κ3) is 4.82. The van der Waals surface area contributed by atoms with E-state index < -0.39 is 0 Å². The van der Waals surface area contributed by atoms with Crippen molar-refractivity contribution in [3.63, 3.8) is 0 Å². The first-order chi connectivity index (χ1) is 11.4. The summed E-state index contributed by atoms with van der Waals surface area (Å²) < 4.78 is 0. The van der Waals surface area contributed by atoms with Crippen LogP contribution in [0.3, 0.4) is 0 Å². The van der Waals surface area contributed by atoms with E-state index >= 15 is 0 Å². The topological polar surface area (TPSA) is 30.5 Å². The zero-order chi connectivity index (χ0) is 17.7. The average molecular weight is 326 g/mol. The molecule has 0 saturated heterocycles. The Balaban J connectivity index is 1.92. The summed E-state index contributed by atoms with van der Waals surface area (Å²) in [6.45, 7) is 4.40. The molecular weight excluding hydrogens is 296 g/mol. The molecule has 0 radical (unpaired) electrons. The third-order valence-electron chi connectivity index (χ3n) is 4.31. The van der Waals surface area contributed by atoms with Gasteiger partial charge in [-0.15, -0.1) is 0 Å². The summed E-state index contributed by atoms with van der Waals surface area (Å²) in [5.74, 6) is 0. The minimum Gasteiger partial charge on any atom is -0.381 e. The maximum atomic E-state index is 3.57. The first-order valence-corrected chi connectivity index (χ1v) is 8.44. The number of benzene rings is 2. The zero-order valence-corrected chi connectivity index (χ0v) is 15.7. The van der Waals surface area contributed by atoms with Gasteiger partial charge in [0.05, 0.1) is 0 Å². The summed E-state index contributed by atoms with van der Waals surface area (Å²) in [4.78, 5) is 4.21. The number of anilines is 4. The minimum atomic E-state index is 0.309. The Labute approximate surface area is 146 Å². The van der Waals surface area contributed by atoms with Crippen LogP contribution in [0.2, 0.25) is 0 Å². The molecule has 2 aromatic rings. The van der Waals surface area contributed by atoms with Crippen LogP contribution in [0.1, 0.15) is 13.8 Å². The van der Waals surface area contributed by atoms with Gasteiger partial charge in [-0.05, 0) is 62.4 Å². The van der Waals surface area contributed by atoms with Crippen LogP contribution in [-0.4, -0.2) is 40.3 Å². The van der Waals surface area contributed by atoms with Gasteiger partial charge in [0.25, 0.3) is 0 Å². The van der Waals surface area contributed by atoms with Gasteiger partial charge in [0, 0.05) is 63.0 Å². The Morgan fingerprint density at radius 1 is 0.583 bits per heavy atom. The lowest BCUT2D eigenvalue weighted by molar-refractivity contribution is 0.677. The predicted octanol–water partition coefficient (Wildman–Crippen LogP) is 4.12. The van der Waals surface area contributed by atoms with Crippen LogP contribution in [-0.2, 0) is 0 Å². The average Bonchev–Trinajstić information content (AvgIpc) is 2.55. The van der Waals surface area contributed by atoms with E-state index in [1.165, 1.54) is 11.4 Å². The van der Waals surface area contributed by atoms with Crippen molar-refractivity contribution in [2.75, 3.05) is 48.6 Å². The Bertz CT molecular complexity index is 560. The maximum Gasteiger partial charge on any atom is 0.0431 e. The van der Waals surface area contributed by atoms with Gasteiger partial charge in [-0.1, -0.05) is 0 Å². The summed E-state index contributed by atoms with van der Waals surface area (Å²) >= 11 is 0. The molecule has 0 amide bonds. The molecule has 4 nitrogen and oxygen atoms in total. The molecule has 24 heavy (non-hydrogen) atoms. The third-order valence-corrected chi connectivity index (χ3v) is 4.31. The van der Waals surface area contributed by atoms with Crippen molar-refractivity contribution < 1.29 is 0 Å². The smallest absolute Gasteiger partial charge is 0.0431 e. The quantitative estimate of drug-likeness (QED) is 0.801. The normalized spacial score (nSPS) is 13.1. The molecular formula is C20H30N4. The molecule has 0 bridgehead atoms. The maximum absolute atomic E-state index is 3.57. The molecule has 2 rings (SSSR count).